The van der Waals surface area contributed by atoms with Crippen molar-refractivity contribution in [2.24, 2.45) is 0 Å². The van der Waals surface area contributed by atoms with Crippen molar-refractivity contribution in [3.8, 4) is 23.5 Å². The Morgan fingerprint density at radius 1 is 0.970 bits per heavy atom. The summed E-state index contributed by atoms with van der Waals surface area (Å²) < 4.78 is 5.66. The number of rotatable bonds is 5. The van der Waals surface area contributed by atoms with E-state index in [1.54, 1.807) is 6.92 Å². The molecule has 0 aliphatic heterocycles. The van der Waals surface area contributed by atoms with Crippen LogP contribution in [0, 0.1) is 33.1 Å². The van der Waals surface area contributed by atoms with Crippen LogP contribution in [0.3, 0.4) is 0 Å². The quantitative estimate of drug-likeness (QED) is 0.509. The van der Waals surface area contributed by atoms with Gasteiger partial charge in [0.05, 0.1) is 12.1 Å². The van der Waals surface area contributed by atoms with Crippen LogP contribution in [-0.4, -0.2) is 23.8 Å². The van der Waals surface area contributed by atoms with Crippen molar-refractivity contribution in [1.82, 2.24) is 0 Å². The molecule has 2 N–H and O–H groups in total. The van der Waals surface area contributed by atoms with Crippen LogP contribution >= 0.6 is 0 Å². The molecule has 1 amide bonds. The number of amides is 1. The smallest absolute Gasteiger partial charge is 0.411 e. The van der Waals surface area contributed by atoms with E-state index in [4.69, 9.17) is 11.2 Å². The summed E-state index contributed by atoms with van der Waals surface area (Å²) in [5.74, 6) is 1.62. The van der Waals surface area contributed by atoms with Gasteiger partial charge in [0, 0.05) is 11.5 Å². The number of carboxylic acid groups (broad SMARTS) is 1. The Morgan fingerprint density at radius 3 is 2.09 bits per heavy atom. The minimum atomic E-state index is -0.958. The van der Waals surface area contributed by atoms with E-state index >= 15 is 0 Å². The van der Waals surface area contributed by atoms with Crippen molar-refractivity contribution in [1.29, 1.82) is 0 Å². The van der Waals surface area contributed by atoms with Crippen molar-refractivity contribution < 1.29 is 19.4 Å². The van der Waals surface area contributed by atoms with Crippen LogP contribution in [-0.2, 0) is 16.0 Å². The third kappa shape index (κ3) is 3.96. The normalized spacial score (nSPS) is 11.9. The molecule has 33 heavy (non-hydrogen) atoms. The first-order chi connectivity index (χ1) is 15.8. The second-order valence-corrected chi connectivity index (χ2v) is 8.27. The highest BCUT2D eigenvalue weighted by Gasteiger charge is 2.29. The fourth-order valence-electron chi connectivity index (χ4n) is 4.83. The highest BCUT2D eigenvalue weighted by molar-refractivity contribution is 5.89. The number of benzene rings is 3. The first kappa shape index (κ1) is 22.2. The fraction of sp³-hybridized carbons (Fsp3) is 0.214. The number of hydrogen-bond acceptors (Lipinski definition) is 3. The van der Waals surface area contributed by atoms with Crippen LogP contribution in [0.25, 0.3) is 11.1 Å². The Labute approximate surface area is 193 Å². The van der Waals surface area contributed by atoms with E-state index in [1.807, 2.05) is 38.1 Å². The van der Waals surface area contributed by atoms with Crippen LogP contribution in [0.2, 0.25) is 0 Å². The number of fused-ring (bicyclic) bond motifs is 3. The zero-order chi connectivity index (χ0) is 23.7. The molecule has 1 aliphatic carbocycles. The second-order valence-electron chi connectivity index (χ2n) is 8.27. The first-order valence-electron chi connectivity index (χ1n) is 10.8. The molecule has 0 aromatic heterocycles. The lowest BCUT2D eigenvalue weighted by Crippen LogP contribution is -2.20. The van der Waals surface area contributed by atoms with Crippen molar-refractivity contribution in [3.05, 3.63) is 87.5 Å². The van der Waals surface area contributed by atoms with Crippen LogP contribution in [0.5, 0.6) is 0 Å². The number of ether oxygens (including phenoxy) is 1. The van der Waals surface area contributed by atoms with E-state index in [0.29, 0.717) is 22.4 Å². The molecule has 0 radical (unpaired) electrons. The number of carbonyl (C=O) groups excluding carboxylic acids is 1. The molecule has 0 heterocycles. The predicted octanol–water partition coefficient (Wildman–Crippen LogP) is 5.58. The van der Waals surface area contributed by atoms with Gasteiger partial charge in [-0.1, -0.05) is 54.5 Å². The maximum Gasteiger partial charge on any atom is 0.411 e. The Kier molecular flexibility index (Phi) is 5.93. The third-order valence-electron chi connectivity index (χ3n) is 6.45. The molecule has 0 fully saturated rings. The predicted molar refractivity (Wildman–Crippen MR) is 129 cm³/mol. The molecular formula is C28H25NO4. The number of aliphatic carboxylic acids is 1. The molecule has 4 rings (SSSR count). The van der Waals surface area contributed by atoms with Gasteiger partial charge in [0.1, 0.15) is 6.61 Å². The largest absolute Gasteiger partial charge is 0.481 e. The molecule has 3 aromatic carbocycles. The highest BCUT2D eigenvalue weighted by atomic mass is 16.5. The van der Waals surface area contributed by atoms with E-state index in [-0.39, 0.29) is 18.9 Å². The van der Waals surface area contributed by atoms with Crippen molar-refractivity contribution >= 4 is 17.7 Å². The topological polar surface area (TPSA) is 75.6 Å². The van der Waals surface area contributed by atoms with E-state index in [9.17, 15) is 14.7 Å². The van der Waals surface area contributed by atoms with Gasteiger partial charge >= 0.3 is 12.1 Å². The van der Waals surface area contributed by atoms with Gasteiger partial charge in [-0.2, -0.15) is 0 Å². The number of carboxylic acids is 1. The molecule has 0 spiro atoms. The molecule has 1 aliphatic rings. The van der Waals surface area contributed by atoms with Gasteiger partial charge in [-0.15, -0.1) is 6.42 Å². The Hall–Kier alpha value is -4.04. The molecule has 0 bridgehead atoms. The molecule has 3 aromatic rings. The summed E-state index contributed by atoms with van der Waals surface area (Å²) in [4.78, 5) is 24.2. The van der Waals surface area contributed by atoms with Gasteiger partial charge < -0.3 is 9.84 Å². The molecule has 0 saturated carbocycles. The SMILES string of the molecule is C#Cc1c(C)c(CC(=O)O)c(C)c(NC(=O)OCC2c3ccccc3-c3ccccc32)c1C. The average molecular weight is 440 g/mol. The minimum Gasteiger partial charge on any atom is -0.481 e. The van der Waals surface area contributed by atoms with Crippen LogP contribution in [0.15, 0.2) is 48.5 Å². The number of carbonyl (C=O) groups is 2. The van der Waals surface area contributed by atoms with Gasteiger partial charge in [0.25, 0.3) is 0 Å². The number of hydrogen-bond donors (Lipinski definition) is 2. The Morgan fingerprint density at radius 2 is 1.55 bits per heavy atom. The summed E-state index contributed by atoms with van der Waals surface area (Å²) in [5.41, 5.74) is 8.42. The number of anilines is 1. The van der Waals surface area contributed by atoms with Gasteiger partial charge in [-0.3, -0.25) is 10.1 Å². The second kappa shape index (κ2) is 8.84. The third-order valence-corrected chi connectivity index (χ3v) is 6.45. The van der Waals surface area contributed by atoms with Gasteiger partial charge in [0.15, 0.2) is 0 Å². The lowest BCUT2D eigenvalue weighted by molar-refractivity contribution is -0.136. The molecule has 0 atom stereocenters. The molecule has 0 saturated heterocycles. The summed E-state index contributed by atoms with van der Waals surface area (Å²) in [5, 5.41) is 12.1. The first-order valence-corrected chi connectivity index (χ1v) is 10.8. The van der Waals surface area contributed by atoms with Crippen molar-refractivity contribution in [2.75, 3.05) is 11.9 Å². The van der Waals surface area contributed by atoms with Crippen molar-refractivity contribution in [3.63, 3.8) is 0 Å². The average Bonchev–Trinajstić information content (AvgIpc) is 3.12. The zero-order valence-corrected chi connectivity index (χ0v) is 18.9. The molecule has 5 nitrogen and oxygen atoms in total. The summed E-state index contributed by atoms with van der Waals surface area (Å²) in [6, 6.07) is 16.3. The standard InChI is InChI=1S/C28H25NO4/c1-5-19-16(2)24(14-26(30)31)18(4)27(17(19)3)29-28(32)33-15-25-22-12-8-6-10-20(22)21-11-7-9-13-23(21)25/h1,6-13,25H,14-15H2,2-4H3,(H,29,32)(H,30,31). The lowest BCUT2D eigenvalue weighted by atomic mass is 9.90. The Balaban J connectivity index is 1.58. The van der Waals surface area contributed by atoms with Gasteiger partial charge in [-0.05, 0) is 65.3 Å². The zero-order valence-electron chi connectivity index (χ0n) is 18.9. The van der Waals surface area contributed by atoms with Gasteiger partial charge in [-0.25, -0.2) is 4.79 Å². The number of nitrogens with one attached hydrogen (secondary N) is 1. The molecule has 0 unspecified atom stereocenters. The lowest BCUT2D eigenvalue weighted by Gasteiger charge is -2.20. The maximum atomic E-state index is 12.8. The summed E-state index contributed by atoms with van der Waals surface area (Å²) in [6.07, 6.45) is 4.92. The summed E-state index contributed by atoms with van der Waals surface area (Å²) in [7, 11) is 0. The number of terminal acetylenes is 1. The van der Waals surface area contributed by atoms with Crippen LogP contribution < -0.4 is 5.32 Å². The summed E-state index contributed by atoms with van der Waals surface area (Å²) in [6.45, 7) is 5.61. The fourth-order valence-corrected chi connectivity index (χ4v) is 4.83. The van der Waals surface area contributed by atoms with Gasteiger partial charge in [0.2, 0.25) is 0 Å². The highest BCUT2D eigenvalue weighted by Crippen LogP contribution is 2.44. The van der Waals surface area contributed by atoms with Crippen molar-refractivity contribution in [2.45, 2.75) is 33.1 Å². The van der Waals surface area contributed by atoms with E-state index in [1.165, 1.54) is 0 Å². The molecule has 5 heteroatoms. The van der Waals surface area contributed by atoms with E-state index in [2.05, 4.69) is 35.5 Å². The monoisotopic (exact) mass is 439 g/mol. The van der Waals surface area contributed by atoms with Crippen LogP contribution in [0.4, 0.5) is 10.5 Å². The maximum absolute atomic E-state index is 12.8. The molecule has 166 valence electrons. The Bertz CT molecular complexity index is 1270. The molecular weight excluding hydrogens is 414 g/mol. The van der Waals surface area contributed by atoms with E-state index < -0.39 is 12.1 Å². The van der Waals surface area contributed by atoms with E-state index in [0.717, 1.165) is 33.4 Å². The summed E-state index contributed by atoms with van der Waals surface area (Å²) >= 11 is 0. The minimum absolute atomic E-state index is 0.0489. The van der Waals surface area contributed by atoms with Crippen LogP contribution in [0.1, 0.15) is 44.9 Å².